The summed E-state index contributed by atoms with van der Waals surface area (Å²) in [5.41, 5.74) is 1.22. The molecule has 0 aliphatic rings. The maximum atomic E-state index is 13.0. The summed E-state index contributed by atoms with van der Waals surface area (Å²) in [4.78, 5) is 24.0. The molecule has 1 amide bonds. The summed E-state index contributed by atoms with van der Waals surface area (Å²) in [5, 5.41) is 2.66. The number of ether oxygens (including phenoxy) is 1. The molecule has 0 atom stereocenters. The van der Waals surface area contributed by atoms with Crippen molar-refractivity contribution in [3.05, 3.63) is 95.8 Å². The standard InChI is InChI=1S/C23H21FN2O5S/c24-19-9-11-20(12-10-19)26-32(29,30)21-8-4-7-18(15-21)23(28)31-16-22(27)25-14-13-17-5-2-1-3-6-17/h1-12,15,26H,13-14,16H2,(H,25,27). The lowest BCUT2D eigenvalue weighted by Gasteiger charge is -2.10. The fourth-order valence-corrected chi connectivity index (χ4v) is 3.88. The van der Waals surface area contributed by atoms with Crippen molar-refractivity contribution < 1.29 is 27.1 Å². The summed E-state index contributed by atoms with van der Waals surface area (Å²) in [5.74, 6) is -1.79. The molecular weight excluding hydrogens is 435 g/mol. The van der Waals surface area contributed by atoms with E-state index in [0.29, 0.717) is 13.0 Å². The highest BCUT2D eigenvalue weighted by molar-refractivity contribution is 7.92. The van der Waals surface area contributed by atoms with Gasteiger partial charge >= 0.3 is 5.97 Å². The van der Waals surface area contributed by atoms with Gasteiger partial charge in [-0.05, 0) is 54.4 Å². The Hall–Kier alpha value is -3.72. The quantitative estimate of drug-likeness (QED) is 0.482. The van der Waals surface area contributed by atoms with Crippen LogP contribution in [0.5, 0.6) is 0 Å². The van der Waals surface area contributed by atoms with Gasteiger partial charge in [0.25, 0.3) is 15.9 Å². The van der Waals surface area contributed by atoms with E-state index in [0.717, 1.165) is 23.8 Å². The van der Waals surface area contributed by atoms with Crippen LogP contribution in [-0.4, -0.2) is 33.4 Å². The second kappa shape index (κ2) is 10.5. The number of halogens is 1. The predicted octanol–water partition coefficient (Wildman–Crippen LogP) is 3.14. The minimum atomic E-state index is -4.01. The average Bonchev–Trinajstić information content (AvgIpc) is 2.79. The Morgan fingerprint density at radius 1 is 0.906 bits per heavy atom. The number of rotatable bonds is 9. The van der Waals surface area contributed by atoms with Crippen molar-refractivity contribution in [2.24, 2.45) is 0 Å². The van der Waals surface area contributed by atoms with Crippen molar-refractivity contribution in [3.8, 4) is 0 Å². The molecule has 0 fully saturated rings. The van der Waals surface area contributed by atoms with Crippen LogP contribution < -0.4 is 10.0 Å². The maximum Gasteiger partial charge on any atom is 0.338 e. The van der Waals surface area contributed by atoms with Crippen LogP contribution >= 0.6 is 0 Å². The van der Waals surface area contributed by atoms with E-state index in [9.17, 15) is 22.4 Å². The zero-order valence-corrected chi connectivity index (χ0v) is 17.8. The normalized spacial score (nSPS) is 10.9. The van der Waals surface area contributed by atoms with Crippen LogP contribution in [0.1, 0.15) is 15.9 Å². The molecule has 166 valence electrons. The molecule has 2 N–H and O–H groups in total. The van der Waals surface area contributed by atoms with Gasteiger partial charge in [-0.2, -0.15) is 0 Å². The number of carbonyl (C=O) groups excluding carboxylic acids is 2. The van der Waals surface area contributed by atoms with Crippen molar-refractivity contribution in [2.75, 3.05) is 17.9 Å². The molecule has 0 unspecified atom stereocenters. The Morgan fingerprint density at radius 2 is 1.62 bits per heavy atom. The number of anilines is 1. The molecule has 0 spiro atoms. The van der Waals surface area contributed by atoms with Gasteiger partial charge in [0.1, 0.15) is 5.82 Å². The Balaban J connectivity index is 1.54. The number of amides is 1. The number of hydrogen-bond acceptors (Lipinski definition) is 5. The topological polar surface area (TPSA) is 102 Å². The molecule has 3 aromatic rings. The first-order chi connectivity index (χ1) is 15.3. The monoisotopic (exact) mass is 456 g/mol. The zero-order valence-electron chi connectivity index (χ0n) is 17.0. The summed E-state index contributed by atoms with van der Waals surface area (Å²) in [7, 11) is -4.01. The van der Waals surface area contributed by atoms with E-state index in [2.05, 4.69) is 10.0 Å². The van der Waals surface area contributed by atoms with E-state index in [1.165, 1.54) is 30.3 Å². The molecule has 3 rings (SSSR count). The van der Waals surface area contributed by atoms with E-state index in [1.807, 2.05) is 30.3 Å². The Labute approximate surface area is 185 Å². The van der Waals surface area contributed by atoms with E-state index < -0.39 is 34.3 Å². The average molecular weight is 456 g/mol. The lowest BCUT2D eigenvalue weighted by molar-refractivity contribution is -0.124. The highest BCUT2D eigenvalue weighted by Gasteiger charge is 2.18. The summed E-state index contributed by atoms with van der Waals surface area (Å²) in [6.45, 7) is -0.0956. The molecule has 0 heterocycles. The van der Waals surface area contributed by atoms with Gasteiger partial charge in [-0.1, -0.05) is 36.4 Å². The molecule has 9 heteroatoms. The molecule has 0 radical (unpaired) electrons. The summed E-state index contributed by atoms with van der Waals surface area (Å²) < 4.78 is 45.4. The van der Waals surface area contributed by atoms with E-state index in [4.69, 9.17) is 4.74 Å². The Morgan fingerprint density at radius 3 is 2.34 bits per heavy atom. The molecule has 0 saturated heterocycles. The number of carbonyl (C=O) groups is 2. The van der Waals surface area contributed by atoms with Gasteiger partial charge in [0.15, 0.2) is 6.61 Å². The molecule has 0 aliphatic carbocycles. The van der Waals surface area contributed by atoms with Crippen LogP contribution in [0.25, 0.3) is 0 Å². The second-order valence-corrected chi connectivity index (χ2v) is 8.48. The molecule has 0 saturated carbocycles. The molecule has 0 bridgehead atoms. The third-order valence-corrected chi connectivity index (χ3v) is 5.77. The molecule has 7 nitrogen and oxygen atoms in total. The third kappa shape index (κ3) is 6.64. The molecule has 32 heavy (non-hydrogen) atoms. The third-order valence-electron chi connectivity index (χ3n) is 4.39. The summed E-state index contributed by atoms with van der Waals surface area (Å²) in [6.07, 6.45) is 0.640. The summed E-state index contributed by atoms with van der Waals surface area (Å²) >= 11 is 0. The van der Waals surface area contributed by atoms with Crippen LogP contribution in [0, 0.1) is 5.82 Å². The lowest BCUT2D eigenvalue weighted by Crippen LogP contribution is -2.30. The van der Waals surface area contributed by atoms with Crippen molar-refractivity contribution in [1.82, 2.24) is 5.32 Å². The van der Waals surface area contributed by atoms with Crippen LogP contribution in [0.4, 0.5) is 10.1 Å². The lowest BCUT2D eigenvalue weighted by atomic mass is 10.1. The van der Waals surface area contributed by atoms with Crippen molar-refractivity contribution >= 4 is 27.6 Å². The number of hydrogen-bond donors (Lipinski definition) is 2. The fourth-order valence-electron chi connectivity index (χ4n) is 2.78. The minimum absolute atomic E-state index is 0.0240. The first-order valence-corrected chi connectivity index (χ1v) is 11.2. The van der Waals surface area contributed by atoms with Gasteiger partial charge in [0.05, 0.1) is 10.5 Å². The van der Waals surface area contributed by atoms with Crippen molar-refractivity contribution in [3.63, 3.8) is 0 Å². The van der Waals surface area contributed by atoms with Crippen LogP contribution in [0.3, 0.4) is 0 Å². The second-order valence-electron chi connectivity index (χ2n) is 6.80. The van der Waals surface area contributed by atoms with Gasteiger partial charge in [0, 0.05) is 12.2 Å². The highest BCUT2D eigenvalue weighted by Crippen LogP contribution is 2.18. The molecule has 0 aromatic heterocycles. The first-order valence-electron chi connectivity index (χ1n) is 9.70. The van der Waals surface area contributed by atoms with Gasteiger partial charge in [-0.3, -0.25) is 9.52 Å². The number of esters is 1. The predicted molar refractivity (Wildman–Crippen MR) is 117 cm³/mol. The van der Waals surface area contributed by atoms with Crippen LogP contribution in [0.15, 0.2) is 83.8 Å². The number of sulfonamides is 1. The molecule has 3 aromatic carbocycles. The van der Waals surface area contributed by atoms with Crippen molar-refractivity contribution in [2.45, 2.75) is 11.3 Å². The largest absolute Gasteiger partial charge is 0.452 e. The first kappa shape index (κ1) is 23.0. The summed E-state index contributed by atoms with van der Waals surface area (Å²) in [6, 6.07) is 19.6. The highest BCUT2D eigenvalue weighted by atomic mass is 32.2. The SMILES string of the molecule is O=C(COC(=O)c1cccc(S(=O)(=O)Nc2ccc(F)cc2)c1)NCCc1ccccc1. The minimum Gasteiger partial charge on any atom is -0.452 e. The smallest absolute Gasteiger partial charge is 0.338 e. The van der Waals surface area contributed by atoms with E-state index in [-0.39, 0.29) is 16.1 Å². The number of nitrogens with one attached hydrogen (secondary N) is 2. The van der Waals surface area contributed by atoms with Gasteiger partial charge in [0.2, 0.25) is 0 Å². The Bertz CT molecular complexity index is 1180. The van der Waals surface area contributed by atoms with Crippen molar-refractivity contribution in [1.29, 1.82) is 0 Å². The van der Waals surface area contributed by atoms with Crippen LogP contribution in [-0.2, 0) is 26.0 Å². The Kier molecular flexibility index (Phi) is 7.56. The van der Waals surface area contributed by atoms with E-state index in [1.54, 1.807) is 0 Å². The molecular formula is C23H21FN2O5S. The van der Waals surface area contributed by atoms with E-state index >= 15 is 0 Å². The van der Waals surface area contributed by atoms with Crippen LogP contribution in [0.2, 0.25) is 0 Å². The number of benzene rings is 3. The maximum absolute atomic E-state index is 13.0. The fraction of sp³-hybridized carbons (Fsp3) is 0.130. The zero-order chi connectivity index (χ0) is 23.0. The molecule has 0 aliphatic heterocycles. The van der Waals surface area contributed by atoms with Gasteiger partial charge in [-0.25, -0.2) is 17.6 Å². The van der Waals surface area contributed by atoms with Gasteiger partial charge < -0.3 is 10.1 Å². The van der Waals surface area contributed by atoms with Gasteiger partial charge in [-0.15, -0.1) is 0 Å².